The van der Waals surface area contributed by atoms with Crippen LogP contribution in [-0.4, -0.2) is 44.8 Å². The molecule has 2 aromatic carbocycles. The molecule has 0 spiro atoms. The van der Waals surface area contributed by atoms with Crippen LogP contribution in [0.3, 0.4) is 0 Å². The van der Waals surface area contributed by atoms with Crippen molar-refractivity contribution in [1.82, 2.24) is 15.0 Å². The molecule has 1 atom stereocenters. The van der Waals surface area contributed by atoms with Crippen LogP contribution in [0.25, 0.3) is 11.1 Å². The fraction of sp³-hybridized carbons (Fsp3) is 0.200. The average molecular weight is 411 g/mol. The molecule has 2 heterocycles. The number of amides is 1. The number of rotatable bonds is 6. The normalized spacial score (nSPS) is 16.0. The number of halogens is 1. The predicted molar refractivity (Wildman–Crippen MR) is 104 cm³/mol. The van der Waals surface area contributed by atoms with E-state index in [4.69, 9.17) is 15.6 Å². The highest BCUT2D eigenvalue weighted by Crippen LogP contribution is 2.29. The van der Waals surface area contributed by atoms with Crippen molar-refractivity contribution >= 4 is 17.7 Å². The number of carbonyl (C=O) groups excluding carboxylic acids is 1. The van der Waals surface area contributed by atoms with Crippen LogP contribution in [0.2, 0.25) is 0 Å². The smallest absolute Gasteiger partial charge is 0.414 e. The maximum absolute atomic E-state index is 14.8. The topological polar surface area (TPSA) is 124 Å². The molecule has 154 valence electrons. The molecule has 0 bridgehead atoms. The van der Waals surface area contributed by atoms with Crippen LogP contribution >= 0.6 is 0 Å². The Kier molecular flexibility index (Phi) is 5.15. The zero-order chi connectivity index (χ0) is 21.3. The lowest BCUT2D eigenvalue weighted by atomic mass is 10.0. The van der Waals surface area contributed by atoms with Gasteiger partial charge in [0.2, 0.25) is 0 Å². The summed E-state index contributed by atoms with van der Waals surface area (Å²) in [5, 5.41) is 16.4. The summed E-state index contributed by atoms with van der Waals surface area (Å²) in [5.41, 5.74) is 7.87. The van der Waals surface area contributed by atoms with E-state index in [-0.39, 0.29) is 18.8 Å². The Bertz CT molecular complexity index is 1100. The second-order valence-electron chi connectivity index (χ2n) is 6.79. The Balaban J connectivity index is 1.51. The van der Waals surface area contributed by atoms with Crippen molar-refractivity contribution in [3.63, 3.8) is 0 Å². The van der Waals surface area contributed by atoms with Gasteiger partial charge in [-0.25, -0.2) is 18.7 Å². The van der Waals surface area contributed by atoms with Crippen LogP contribution in [-0.2, 0) is 17.8 Å². The van der Waals surface area contributed by atoms with Crippen molar-refractivity contribution in [3.8, 4) is 11.1 Å². The molecule has 0 saturated carbocycles. The lowest BCUT2D eigenvalue weighted by molar-refractivity contribution is 0.0678. The van der Waals surface area contributed by atoms with E-state index in [0.29, 0.717) is 23.4 Å². The van der Waals surface area contributed by atoms with Gasteiger partial charge in [0.15, 0.2) is 5.69 Å². The highest BCUT2D eigenvalue weighted by Gasteiger charge is 2.34. The summed E-state index contributed by atoms with van der Waals surface area (Å²) >= 11 is 0. The van der Waals surface area contributed by atoms with Gasteiger partial charge in [0.25, 0.3) is 0 Å². The third kappa shape index (κ3) is 3.72. The molecule has 1 amide bonds. The Morgan fingerprint density at radius 2 is 2.03 bits per heavy atom. The first-order valence-corrected chi connectivity index (χ1v) is 9.15. The Morgan fingerprint density at radius 3 is 2.70 bits per heavy atom. The maximum atomic E-state index is 14.8. The number of nitrogens with two attached hydrogens (primary N) is 1. The molecule has 9 nitrogen and oxygen atoms in total. The number of nitrogens with zero attached hydrogens (tertiary/aromatic N) is 4. The standard InChI is InChI=1S/C20H18FN5O4/c21-17-7-14(5-6-16(17)13-3-1-12(8-22)2-4-13)25-10-15(30-20(25)29)11-26-18(19(27)28)9-23-24-26/h1-7,9,15H,8,10-11,22H2,(H,27,28)/t15-/m1/s1. The van der Waals surface area contributed by atoms with Crippen molar-refractivity contribution in [2.24, 2.45) is 5.73 Å². The van der Waals surface area contributed by atoms with Crippen LogP contribution in [0.5, 0.6) is 0 Å². The zero-order valence-electron chi connectivity index (χ0n) is 15.7. The summed E-state index contributed by atoms with van der Waals surface area (Å²) in [6.07, 6.45) is -0.175. The van der Waals surface area contributed by atoms with Gasteiger partial charge in [-0.1, -0.05) is 29.5 Å². The molecule has 1 fully saturated rings. The van der Waals surface area contributed by atoms with E-state index >= 15 is 0 Å². The fourth-order valence-corrected chi connectivity index (χ4v) is 3.30. The van der Waals surface area contributed by atoms with Crippen molar-refractivity contribution in [2.75, 3.05) is 11.4 Å². The van der Waals surface area contributed by atoms with E-state index < -0.39 is 24.0 Å². The molecule has 10 heteroatoms. The minimum atomic E-state index is -1.18. The summed E-state index contributed by atoms with van der Waals surface area (Å²) in [4.78, 5) is 24.7. The number of cyclic esters (lactones) is 1. The molecule has 1 aliphatic rings. The molecule has 1 aliphatic heterocycles. The minimum absolute atomic E-state index is 0.0257. The molecule has 1 aromatic heterocycles. The second-order valence-corrected chi connectivity index (χ2v) is 6.79. The number of ether oxygens (including phenoxy) is 1. The Morgan fingerprint density at radius 1 is 1.27 bits per heavy atom. The maximum Gasteiger partial charge on any atom is 0.414 e. The number of carboxylic acids is 1. The summed E-state index contributed by atoms with van der Waals surface area (Å²) in [7, 11) is 0. The number of benzene rings is 2. The van der Waals surface area contributed by atoms with Gasteiger partial charge in [-0.15, -0.1) is 5.10 Å². The number of aromatic carboxylic acids is 1. The van der Waals surface area contributed by atoms with Gasteiger partial charge in [-0.2, -0.15) is 0 Å². The number of anilines is 1. The van der Waals surface area contributed by atoms with E-state index in [0.717, 1.165) is 16.4 Å². The van der Waals surface area contributed by atoms with E-state index in [1.807, 2.05) is 12.1 Å². The van der Waals surface area contributed by atoms with Gasteiger partial charge in [-0.3, -0.25) is 4.90 Å². The number of aromatic nitrogens is 3. The molecule has 30 heavy (non-hydrogen) atoms. The first kappa shape index (κ1) is 19.5. The molecular weight excluding hydrogens is 393 g/mol. The summed E-state index contributed by atoms with van der Waals surface area (Å²) in [5.74, 6) is -1.66. The lowest BCUT2D eigenvalue weighted by Gasteiger charge is -2.14. The first-order chi connectivity index (χ1) is 14.5. The van der Waals surface area contributed by atoms with Gasteiger partial charge < -0.3 is 15.6 Å². The molecule has 0 unspecified atom stereocenters. The van der Waals surface area contributed by atoms with Crippen molar-refractivity contribution in [2.45, 2.75) is 19.2 Å². The van der Waals surface area contributed by atoms with Gasteiger partial charge in [-0.05, 0) is 29.3 Å². The largest absolute Gasteiger partial charge is 0.476 e. The zero-order valence-corrected chi connectivity index (χ0v) is 15.7. The highest BCUT2D eigenvalue weighted by atomic mass is 19.1. The van der Waals surface area contributed by atoms with Crippen molar-refractivity contribution in [3.05, 3.63) is 65.7 Å². The number of carbonyl (C=O) groups is 2. The summed E-state index contributed by atoms with van der Waals surface area (Å²) < 4.78 is 21.2. The van der Waals surface area contributed by atoms with Gasteiger partial charge in [0.1, 0.15) is 11.9 Å². The van der Waals surface area contributed by atoms with Crippen LogP contribution in [0.1, 0.15) is 16.1 Å². The molecule has 1 saturated heterocycles. The second kappa shape index (κ2) is 7.91. The molecular formula is C20H18FN5O4. The quantitative estimate of drug-likeness (QED) is 0.638. The van der Waals surface area contributed by atoms with Gasteiger partial charge in [0.05, 0.1) is 25.0 Å². The molecule has 4 rings (SSSR count). The van der Waals surface area contributed by atoms with E-state index in [1.54, 1.807) is 24.3 Å². The SMILES string of the molecule is NCc1ccc(-c2ccc(N3C[C@H](Cn4nncc4C(=O)O)OC3=O)cc2F)cc1. The summed E-state index contributed by atoms with van der Waals surface area (Å²) in [6.45, 7) is 0.558. The average Bonchev–Trinajstić information content (AvgIpc) is 3.34. The molecule has 3 aromatic rings. The van der Waals surface area contributed by atoms with Gasteiger partial charge in [0, 0.05) is 12.1 Å². The molecule has 0 radical (unpaired) electrons. The number of carboxylic acid groups (broad SMARTS) is 1. The Labute approximate surface area is 170 Å². The number of hydrogen-bond donors (Lipinski definition) is 2. The molecule has 0 aliphatic carbocycles. The van der Waals surface area contributed by atoms with Crippen molar-refractivity contribution < 1.29 is 23.8 Å². The van der Waals surface area contributed by atoms with Gasteiger partial charge >= 0.3 is 12.1 Å². The highest BCUT2D eigenvalue weighted by molar-refractivity contribution is 5.90. The van der Waals surface area contributed by atoms with E-state index in [9.17, 15) is 14.0 Å². The van der Waals surface area contributed by atoms with Crippen LogP contribution < -0.4 is 10.6 Å². The van der Waals surface area contributed by atoms with Crippen LogP contribution in [0, 0.1) is 5.82 Å². The lowest BCUT2D eigenvalue weighted by Crippen LogP contribution is -2.27. The summed E-state index contributed by atoms with van der Waals surface area (Å²) in [6, 6.07) is 11.8. The van der Waals surface area contributed by atoms with E-state index in [2.05, 4.69) is 10.3 Å². The monoisotopic (exact) mass is 411 g/mol. The number of hydrogen-bond acceptors (Lipinski definition) is 6. The van der Waals surface area contributed by atoms with Crippen LogP contribution in [0.15, 0.2) is 48.7 Å². The third-order valence-electron chi connectivity index (χ3n) is 4.85. The predicted octanol–water partition coefficient (Wildman–Crippen LogP) is 2.27. The first-order valence-electron chi connectivity index (χ1n) is 9.15. The van der Waals surface area contributed by atoms with Crippen molar-refractivity contribution in [1.29, 1.82) is 0 Å². The third-order valence-corrected chi connectivity index (χ3v) is 4.85. The van der Waals surface area contributed by atoms with E-state index in [1.165, 1.54) is 11.0 Å². The fourth-order valence-electron chi connectivity index (χ4n) is 3.30. The van der Waals surface area contributed by atoms with Crippen LogP contribution in [0.4, 0.5) is 14.9 Å². The molecule has 3 N–H and O–H groups in total. The Hall–Kier alpha value is -3.79. The minimum Gasteiger partial charge on any atom is -0.476 e.